The lowest BCUT2D eigenvalue weighted by atomic mass is 9.96. The molecule has 0 radical (unpaired) electrons. The summed E-state index contributed by atoms with van der Waals surface area (Å²) < 4.78 is 23.6. The summed E-state index contributed by atoms with van der Waals surface area (Å²) in [5, 5.41) is 0. The second kappa shape index (κ2) is 5.42. The molecule has 0 atom stereocenters. The minimum absolute atomic E-state index is 0.00594. The van der Waals surface area contributed by atoms with E-state index in [2.05, 4.69) is 4.90 Å². The van der Waals surface area contributed by atoms with Gasteiger partial charge in [0.25, 0.3) is 0 Å². The van der Waals surface area contributed by atoms with E-state index >= 15 is 0 Å². The molecule has 2 N–H and O–H groups in total. The molecule has 2 heterocycles. The predicted molar refractivity (Wildman–Crippen MR) is 79.4 cm³/mol. The Hall–Kier alpha value is -1.40. The number of fused-ring (bicyclic) bond motifs is 1. The molecular formula is C15H20N2O3S. The number of aryl methyl sites for hydroxylation is 1. The highest BCUT2D eigenvalue weighted by atomic mass is 32.2. The number of primary amides is 1. The lowest BCUT2D eigenvalue weighted by molar-refractivity contribution is -0.123. The fourth-order valence-electron chi connectivity index (χ4n) is 3.22. The number of carbonyl (C=O) groups excluding carboxylic acids is 1. The highest BCUT2D eigenvalue weighted by Gasteiger charge is 2.27. The van der Waals surface area contributed by atoms with E-state index in [9.17, 15) is 13.2 Å². The van der Waals surface area contributed by atoms with Crippen molar-refractivity contribution in [2.75, 3.05) is 18.8 Å². The molecule has 21 heavy (non-hydrogen) atoms. The van der Waals surface area contributed by atoms with Crippen molar-refractivity contribution < 1.29 is 13.2 Å². The van der Waals surface area contributed by atoms with Gasteiger partial charge in [-0.2, -0.15) is 0 Å². The summed E-state index contributed by atoms with van der Waals surface area (Å²) in [5.41, 5.74) is 7.42. The molecule has 1 amide bonds. The van der Waals surface area contributed by atoms with Gasteiger partial charge >= 0.3 is 0 Å². The number of carbonyl (C=O) groups is 1. The minimum Gasteiger partial charge on any atom is -0.369 e. The summed E-state index contributed by atoms with van der Waals surface area (Å²) in [5.74, 6) is 0.0410. The zero-order chi connectivity index (χ0) is 15.0. The van der Waals surface area contributed by atoms with E-state index in [0.717, 1.165) is 43.6 Å². The second-order valence-electron chi connectivity index (χ2n) is 5.96. The van der Waals surface area contributed by atoms with E-state index in [1.807, 2.05) is 12.1 Å². The summed E-state index contributed by atoms with van der Waals surface area (Å²) in [4.78, 5) is 14.0. The van der Waals surface area contributed by atoms with Gasteiger partial charge in [0.2, 0.25) is 5.91 Å². The van der Waals surface area contributed by atoms with Crippen LogP contribution in [-0.4, -0.2) is 38.1 Å². The van der Waals surface area contributed by atoms with Gasteiger partial charge in [-0.25, -0.2) is 8.42 Å². The van der Waals surface area contributed by atoms with Gasteiger partial charge < -0.3 is 5.73 Å². The number of amides is 1. The number of nitrogens with zero attached hydrogens (tertiary/aromatic N) is 1. The van der Waals surface area contributed by atoms with E-state index in [-0.39, 0.29) is 17.6 Å². The van der Waals surface area contributed by atoms with Gasteiger partial charge in [0, 0.05) is 12.5 Å². The predicted octanol–water partition coefficient (Wildman–Crippen LogP) is 0.714. The first kappa shape index (κ1) is 14.5. The number of benzene rings is 1. The molecule has 1 aromatic carbocycles. The van der Waals surface area contributed by atoms with Crippen molar-refractivity contribution in [2.24, 2.45) is 11.7 Å². The first-order chi connectivity index (χ1) is 9.95. The summed E-state index contributed by atoms with van der Waals surface area (Å²) in [6, 6.07) is 5.66. The number of hydrogen-bond acceptors (Lipinski definition) is 4. The highest BCUT2D eigenvalue weighted by Crippen LogP contribution is 2.27. The van der Waals surface area contributed by atoms with Gasteiger partial charge in [-0.15, -0.1) is 0 Å². The van der Waals surface area contributed by atoms with Crippen LogP contribution < -0.4 is 5.73 Å². The van der Waals surface area contributed by atoms with Crippen molar-refractivity contribution >= 4 is 15.7 Å². The van der Waals surface area contributed by atoms with Crippen molar-refractivity contribution in [1.29, 1.82) is 0 Å². The molecule has 0 aromatic heterocycles. The van der Waals surface area contributed by atoms with Gasteiger partial charge in [-0.3, -0.25) is 9.69 Å². The Bertz CT molecular complexity index is 661. The van der Waals surface area contributed by atoms with Crippen LogP contribution in [0.5, 0.6) is 0 Å². The van der Waals surface area contributed by atoms with E-state index in [4.69, 9.17) is 5.73 Å². The SMILES string of the molecule is NC(=O)C1CCN(Cc2ccc3c(c2)CCS3(=O)=O)CC1. The van der Waals surface area contributed by atoms with Gasteiger partial charge in [0.05, 0.1) is 10.6 Å². The Morgan fingerprint density at radius 2 is 2.00 bits per heavy atom. The molecule has 1 fully saturated rings. The maximum atomic E-state index is 11.8. The summed E-state index contributed by atoms with van der Waals surface area (Å²) >= 11 is 0. The third-order valence-electron chi connectivity index (χ3n) is 4.50. The molecule has 114 valence electrons. The molecule has 2 aliphatic heterocycles. The Morgan fingerprint density at radius 1 is 1.29 bits per heavy atom. The van der Waals surface area contributed by atoms with Crippen molar-refractivity contribution in [2.45, 2.75) is 30.7 Å². The Labute approximate surface area is 125 Å². The molecule has 6 heteroatoms. The summed E-state index contributed by atoms with van der Waals surface area (Å²) in [7, 11) is -3.04. The average Bonchev–Trinajstić information content (AvgIpc) is 2.75. The van der Waals surface area contributed by atoms with Crippen LogP contribution in [0.2, 0.25) is 0 Å². The van der Waals surface area contributed by atoms with Gasteiger partial charge in [-0.05, 0) is 49.5 Å². The first-order valence-corrected chi connectivity index (χ1v) is 8.97. The molecule has 0 unspecified atom stereocenters. The molecule has 0 saturated carbocycles. The van der Waals surface area contributed by atoms with E-state index in [1.165, 1.54) is 0 Å². The van der Waals surface area contributed by atoms with Gasteiger partial charge in [-0.1, -0.05) is 12.1 Å². The maximum Gasteiger partial charge on any atom is 0.220 e. The zero-order valence-electron chi connectivity index (χ0n) is 11.9. The van der Waals surface area contributed by atoms with Crippen LogP contribution in [0.4, 0.5) is 0 Å². The first-order valence-electron chi connectivity index (χ1n) is 7.32. The standard InChI is InChI=1S/C15H20N2O3S/c16-15(18)12-3-6-17(7-4-12)10-11-1-2-14-13(9-11)5-8-21(14,19)20/h1-2,9,12H,3-8,10H2,(H2,16,18). The van der Waals surface area contributed by atoms with Crippen LogP contribution in [0.25, 0.3) is 0 Å². The van der Waals surface area contributed by atoms with Crippen LogP contribution in [0.15, 0.2) is 23.1 Å². The molecule has 0 aliphatic carbocycles. The fourth-order valence-corrected chi connectivity index (χ4v) is 4.76. The van der Waals surface area contributed by atoms with Crippen LogP contribution in [0.1, 0.15) is 24.0 Å². The Morgan fingerprint density at radius 3 is 2.67 bits per heavy atom. The van der Waals surface area contributed by atoms with Crippen molar-refractivity contribution in [3.63, 3.8) is 0 Å². The van der Waals surface area contributed by atoms with Crippen molar-refractivity contribution in [3.8, 4) is 0 Å². The monoisotopic (exact) mass is 308 g/mol. The Kier molecular flexibility index (Phi) is 3.75. The lowest BCUT2D eigenvalue weighted by Crippen LogP contribution is -2.38. The molecule has 2 aliphatic rings. The molecule has 0 bridgehead atoms. The van der Waals surface area contributed by atoms with Crippen LogP contribution in [0, 0.1) is 5.92 Å². The molecule has 0 spiro atoms. The largest absolute Gasteiger partial charge is 0.369 e. The third kappa shape index (κ3) is 2.96. The highest BCUT2D eigenvalue weighted by molar-refractivity contribution is 7.91. The number of hydrogen-bond donors (Lipinski definition) is 1. The van der Waals surface area contributed by atoms with Crippen LogP contribution >= 0.6 is 0 Å². The van der Waals surface area contributed by atoms with Crippen LogP contribution in [0.3, 0.4) is 0 Å². The van der Waals surface area contributed by atoms with Crippen molar-refractivity contribution in [3.05, 3.63) is 29.3 Å². The minimum atomic E-state index is -3.04. The average molecular weight is 308 g/mol. The molecule has 1 aromatic rings. The summed E-state index contributed by atoms with van der Waals surface area (Å²) in [6.45, 7) is 2.53. The Balaban J connectivity index is 1.66. The number of nitrogens with two attached hydrogens (primary N) is 1. The van der Waals surface area contributed by atoms with Crippen molar-refractivity contribution in [1.82, 2.24) is 4.90 Å². The molecule has 5 nitrogen and oxygen atoms in total. The van der Waals surface area contributed by atoms with Gasteiger partial charge in [0.1, 0.15) is 0 Å². The molecule has 1 saturated heterocycles. The third-order valence-corrected chi connectivity index (χ3v) is 6.31. The summed E-state index contributed by atoms with van der Waals surface area (Å²) in [6.07, 6.45) is 2.25. The lowest BCUT2D eigenvalue weighted by Gasteiger charge is -2.30. The van der Waals surface area contributed by atoms with Gasteiger partial charge in [0.15, 0.2) is 9.84 Å². The number of likely N-dealkylation sites (tertiary alicyclic amines) is 1. The fraction of sp³-hybridized carbons (Fsp3) is 0.533. The smallest absolute Gasteiger partial charge is 0.220 e. The topological polar surface area (TPSA) is 80.5 Å². The number of piperidine rings is 1. The number of rotatable bonds is 3. The quantitative estimate of drug-likeness (QED) is 0.892. The van der Waals surface area contributed by atoms with E-state index in [1.54, 1.807) is 6.07 Å². The number of sulfone groups is 1. The maximum absolute atomic E-state index is 11.8. The zero-order valence-corrected chi connectivity index (χ0v) is 12.7. The van der Waals surface area contributed by atoms with Crippen LogP contribution in [-0.2, 0) is 27.6 Å². The second-order valence-corrected chi connectivity index (χ2v) is 8.04. The normalized spacial score (nSPS) is 22.1. The molecular weight excluding hydrogens is 288 g/mol. The van der Waals surface area contributed by atoms with E-state index < -0.39 is 9.84 Å². The van der Waals surface area contributed by atoms with E-state index in [0.29, 0.717) is 11.3 Å². The molecule has 3 rings (SSSR count).